The molecule has 1 unspecified atom stereocenters. The number of hydrogen-bond donors (Lipinski definition) is 1. The first kappa shape index (κ1) is 12.6. The Morgan fingerprint density at radius 1 is 1.22 bits per heavy atom. The number of aliphatic hydroxyl groups is 1. The van der Waals surface area contributed by atoms with Crippen LogP contribution in [0.25, 0.3) is 0 Å². The summed E-state index contributed by atoms with van der Waals surface area (Å²) in [6, 6.07) is 13.2. The van der Waals surface area contributed by atoms with Gasteiger partial charge in [-0.25, -0.2) is 0 Å². The molecule has 0 aliphatic rings. The largest absolute Gasteiger partial charge is 0.497 e. The zero-order chi connectivity index (χ0) is 13.0. The van der Waals surface area contributed by atoms with Crippen molar-refractivity contribution in [2.24, 2.45) is 0 Å². The van der Waals surface area contributed by atoms with Crippen molar-refractivity contribution < 1.29 is 9.84 Å². The number of methoxy groups -OCH3 is 1. The normalized spacial score (nSPS) is 13.9. The maximum absolute atomic E-state index is 10.6. The van der Waals surface area contributed by atoms with E-state index < -0.39 is 5.60 Å². The summed E-state index contributed by atoms with van der Waals surface area (Å²) >= 11 is 0. The lowest BCUT2D eigenvalue weighted by atomic mass is 9.91. The number of hydrogen-bond acceptors (Lipinski definition) is 3. The van der Waals surface area contributed by atoms with Crippen molar-refractivity contribution in [1.29, 1.82) is 0 Å². The molecule has 1 aromatic carbocycles. The Kier molecular flexibility index (Phi) is 3.63. The van der Waals surface area contributed by atoms with Crippen molar-refractivity contribution in [3.8, 4) is 5.75 Å². The average molecular weight is 243 g/mol. The summed E-state index contributed by atoms with van der Waals surface area (Å²) in [6.45, 7) is 1.79. The molecule has 0 spiro atoms. The molecule has 0 saturated carbocycles. The van der Waals surface area contributed by atoms with Gasteiger partial charge in [0.05, 0.1) is 12.7 Å². The Hall–Kier alpha value is -1.87. The maximum atomic E-state index is 10.6. The van der Waals surface area contributed by atoms with Crippen LogP contribution in [0.4, 0.5) is 0 Å². The Balaban J connectivity index is 2.24. The van der Waals surface area contributed by atoms with Gasteiger partial charge in [0.2, 0.25) is 0 Å². The second kappa shape index (κ2) is 5.19. The van der Waals surface area contributed by atoms with Crippen LogP contribution in [0.1, 0.15) is 18.2 Å². The highest BCUT2D eigenvalue weighted by Gasteiger charge is 2.24. The molecule has 2 rings (SSSR count). The highest BCUT2D eigenvalue weighted by molar-refractivity contribution is 5.32. The first-order valence-corrected chi connectivity index (χ1v) is 5.88. The van der Waals surface area contributed by atoms with Gasteiger partial charge in [-0.2, -0.15) is 0 Å². The monoisotopic (exact) mass is 243 g/mol. The van der Waals surface area contributed by atoms with Gasteiger partial charge in [-0.3, -0.25) is 4.98 Å². The van der Waals surface area contributed by atoms with Gasteiger partial charge in [0.1, 0.15) is 5.75 Å². The lowest BCUT2D eigenvalue weighted by molar-refractivity contribution is 0.0563. The second-order valence-electron chi connectivity index (χ2n) is 4.50. The Bertz CT molecular complexity index is 509. The van der Waals surface area contributed by atoms with E-state index in [1.807, 2.05) is 42.5 Å². The third kappa shape index (κ3) is 2.87. The van der Waals surface area contributed by atoms with Crippen molar-refractivity contribution in [3.05, 3.63) is 59.9 Å². The van der Waals surface area contributed by atoms with Gasteiger partial charge in [-0.15, -0.1) is 0 Å². The van der Waals surface area contributed by atoms with E-state index in [1.54, 1.807) is 20.2 Å². The minimum absolute atomic E-state index is 0.473. The standard InChI is InChI=1S/C15H17NO2/c1-15(17,11-13-7-3-4-9-16-13)12-6-5-8-14(10-12)18-2/h3-10,17H,11H2,1-2H3. The van der Waals surface area contributed by atoms with Gasteiger partial charge >= 0.3 is 0 Å². The molecule has 3 nitrogen and oxygen atoms in total. The summed E-state index contributed by atoms with van der Waals surface area (Å²) in [4.78, 5) is 4.24. The average Bonchev–Trinajstić information content (AvgIpc) is 2.39. The molecule has 1 aromatic heterocycles. The van der Waals surface area contributed by atoms with E-state index in [0.717, 1.165) is 17.0 Å². The van der Waals surface area contributed by atoms with E-state index in [-0.39, 0.29) is 0 Å². The summed E-state index contributed by atoms with van der Waals surface area (Å²) in [5, 5.41) is 10.6. The zero-order valence-electron chi connectivity index (χ0n) is 10.6. The summed E-state index contributed by atoms with van der Waals surface area (Å²) in [7, 11) is 1.62. The van der Waals surface area contributed by atoms with Crippen molar-refractivity contribution in [2.45, 2.75) is 18.9 Å². The van der Waals surface area contributed by atoms with Crippen molar-refractivity contribution in [1.82, 2.24) is 4.98 Å². The van der Waals surface area contributed by atoms with Gasteiger partial charge in [0.25, 0.3) is 0 Å². The molecule has 0 fully saturated rings. The molecule has 0 radical (unpaired) electrons. The minimum Gasteiger partial charge on any atom is -0.497 e. The predicted molar refractivity (Wildman–Crippen MR) is 70.5 cm³/mol. The molecule has 0 bridgehead atoms. The lowest BCUT2D eigenvalue weighted by Gasteiger charge is -2.24. The SMILES string of the molecule is COc1cccc(C(C)(O)Cc2ccccn2)c1. The van der Waals surface area contributed by atoms with E-state index in [1.165, 1.54) is 0 Å². The van der Waals surface area contributed by atoms with E-state index in [9.17, 15) is 5.11 Å². The zero-order valence-corrected chi connectivity index (χ0v) is 10.6. The van der Waals surface area contributed by atoms with Gasteiger partial charge < -0.3 is 9.84 Å². The fourth-order valence-electron chi connectivity index (χ4n) is 1.92. The van der Waals surface area contributed by atoms with Gasteiger partial charge in [0, 0.05) is 18.3 Å². The molecule has 0 saturated heterocycles. The van der Waals surface area contributed by atoms with Crippen LogP contribution in [0.15, 0.2) is 48.7 Å². The van der Waals surface area contributed by atoms with E-state index in [0.29, 0.717) is 6.42 Å². The van der Waals surface area contributed by atoms with E-state index in [2.05, 4.69) is 4.98 Å². The first-order valence-electron chi connectivity index (χ1n) is 5.88. The van der Waals surface area contributed by atoms with Crippen LogP contribution in [0.5, 0.6) is 5.75 Å². The van der Waals surface area contributed by atoms with Crippen LogP contribution in [-0.2, 0) is 12.0 Å². The molecular formula is C15H17NO2. The van der Waals surface area contributed by atoms with E-state index in [4.69, 9.17) is 4.74 Å². The molecular weight excluding hydrogens is 226 g/mol. The Morgan fingerprint density at radius 2 is 2.06 bits per heavy atom. The molecule has 3 heteroatoms. The van der Waals surface area contributed by atoms with Gasteiger partial charge in [-0.1, -0.05) is 18.2 Å². The molecule has 1 atom stereocenters. The van der Waals surface area contributed by atoms with Crippen molar-refractivity contribution in [3.63, 3.8) is 0 Å². The number of rotatable bonds is 4. The highest BCUT2D eigenvalue weighted by Crippen LogP contribution is 2.27. The van der Waals surface area contributed by atoms with Gasteiger partial charge in [0.15, 0.2) is 0 Å². The Labute approximate surface area is 107 Å². The quantitative estimate of drug-likeness (QED) is 0.897. The number of ether oxygens (including phenoxy) is 1. The fraction of sp³-hybridized carbons (Fsp3) is 0.267. The minimum atomic E-state index is -0.955. The number of benzene rings is 1. The van der Waals surface area contributed by atoms with Crippen LogP contribution in [0, 0.1) is 0 Å². The predicted octanol–water partition coefficient (Wildman–Crippen LogP) is 2.54. The molecule has 2 aromatic rings. The summed E-state index contributed by atoms with van der Waals surface area (Å²) in [5.41, 5.74) is 0.737. The maximum Gasteiger partial charge on any atom is 0.119 e. The molecule has 0 aliphatic carbocycles. The lowest BCUT2D eigenvalue weighted by Crippen LogP contribution is -2.24. The van der Waals surface area contributed by atoms with Crippen LogP contribution >= 0.6 is 0 Å². The van der Waals surface area contributed by atoms with Crippen LogP contribution in [0.3, 0.4) is 0 Å². The fourth-order valence-corrected chi connectivity index (χ4v) is 1.92. The summed E-state index contributed by atoms with van der Waals surface area (Å²) in [6.07, 6.45) is 2.21. The van der Waals surface area contributed by atoms with Crippen LogP contribution in [-0.4, -0.2) is 17.2 Å². The van der Waals surface area contributed by atoms with Crippen molar-refractivity contribution >= 4 is 0 Å². The Morgan fingerprint density at radius 3 is 2.72 bits per heavy atom. The summed E-state index contributed by atoms with van der Waals surface area (Å²) < 4.78 is 5.17. The number of nitrogens with zero attached hydrogens (tertiary/aromatic N) is 1. The summed E-state index contributed by atoms with van der Waals surface area (Å²) in [5.74, 6) is 0.744. The molecule has 0 aliphatic heterocycles. The van der Waals surface area contributed by atoms with Gasteiger partial charge in [-0.05, 0) is 36.8 Å². The van der Waals surface area contributed by atoms with Crippen LogP contribution < -0.4 is 4.74 Å². The third-order valence-corrected chi connectivity index (χ3v) is 2.94. The smallest absolute Gasteiger partial charge is 0.119 e. The molecule has 94 valence electrons. The van der Waals surface area contributed by atoms with Crippen LogP contribution in [0.2, 0.25) is 0 Å². The molecule has 0 amide bonds. The number of pyridine rings is 1. The topological polar surface area (TPSA) is 42.4 Å². The molecule has 1 N–H and O–H groups in total. The highest BCUT2D eigenvalue weighted by atomic mass is 16.5. The number of aromatic nitrogens is 1. The molecule has 18 heavy (non-hydrogen) atoms. The molecule has 1 heterocycles. The second-order valence-corrected chi connectivity index (χ2v) is 4.50. The third-order valence-electron chi connectivity index (χ3n) is 2.94. The first-order chi connectivity index (χ1) is 8.62. The van der Waals surface area contributed by atoms with Crippen molar-refractivity contribution in [2.75, 3.05) is 7.11 Å². The van der Waals surface area contributed by atoms with E-state index >= 15 is 0 Å².